The van der Waals surface area contributed by atoms with Crippen molar-refractivity contribution in [2.45, 2.75) is 5.33 Å². The highest BCUT2D eigenvalue weighted by atomic mass is 79.9. The number of phenolic OH excluding ortho intramolecular Hbond substituents is 1. The largest absolute Gasteiger partial charge is 0.505 e. The van der Waals surface area contributed by atoms with Crippen LogP contribution in [0.1, 0.15) is 5.56 Å². The summed E-state index contributed by atoms with van der Waals surface area (Å²) in [6.07, 6.45) is 0. The first-order valence-electron chi connectivity index (χ1n) is 2.88. The van der Waals surface area contributed by atoms with Crippen LogP contribution in [0.4, 0.5) is 4.39 Å². The fraction of sp³-hybridized carbons (Fsp3) is 0.143. The number of benzene rings is 1. The first kappa shape index (κ1) is 8.81. The summed E-state index contributed by atoms with van der Waals surface area (Å²) >= 11 is 8.67. The van der Waals surface area contributed by atoms with Crippen molar-refractivity contribution in [2.75, 3.05) is 0 Å². The molecule has 0 amide bonds. The van der Waals surface area contributed by atoms with E-state index in [0.717, 1.165) is 0 Å². The molecule has 60 valence electrons. The molecule has 11 heavy (non-hydrogen) atoms. The van der Waals surface area contributed by atoms with Crippen LogP contribution in [0.15, 0.2) is 12.1 Å². The molecule has 0 aliphatic heterocycles. The third kappa shape index (κ3) is 1.65. The second kappa shape index (κ2) is 3.41. The molecule has 0 aliphatic carbocycles. The van der Waals surface area contributed by atoms with E-state index in [1.54, 1.807) is 6.07 Å². The Bertz CT molecular complexity index is 277. The Balaban J connectivity index is 3.25. The van der Waals surface area contributed by atoms with Gasteiger partial charge in [0.25, 0.3) is 0 Å². The Morgan fingerprint density at radius 2 is 2.18 bits per heavy atom. The van der Waals surface area contributed by atoms with Gasteiger partial charge in [0.15, 0.2) is 11.6 Å². The predicted molar refractivity (Wildman–Crippen MR) is 45.7 cm³/mol. The molecule has 1 nitrogen and oxygen atoms in total. The third-order valence-corrected chi connectivity index (χ3v) is 2.30. The number of halogens is 3. The van der Waals surface area contributed by atoms with E-state index < -0.39 is 11.6 Å². The zero-order valence-electron chi connectivity index (χ0n) is 5.44. The Labute approximate surface area is 76.9 Å². The van der Waals surface area contributed by atoms with Gasteiger partial charge in [-0.05, 0) is 11.6 Å². The Hall–Kier alpha value is -0.280. The van der Waals surface area contributed by atoms with E-state index in [0.29, 0.717) is 10.9 Å². The normalized spacial score (nSPS) is 10.1. The molecule has 1 aromatic carbocycles. The molecule has 0 atom stereocenters. The molecule has 0 saturated heterocycles. The van der Waals surface area contributed by atoms with Crippen LogP contribution in [0.2, 0.25) is 5.02 Å². The van der Waals surface area contributed by atoms with Crippen molar-refractivity contribution in [1.29, 1.82) is 0 Å². The summed E-state index contributed by atoms with van der Waals surface area (Å²) in [5.41, 5.74) is 0.627. The fourth-order valence-electron chi connectivity index (χ4n) is 0.682. The molecule has 4 heteroatoms. The molecule has 0 spiro atoms. The molecule has 1 rings (SSSR count). The van der Waals surface area contributed by atoms with E-state index in [2.05, 4.69) is 15.9 Å². The van der Waals surface area contributed by atoms with E-state index in [1.807, 2.05) is 0 Å². The van der Waals surface area contributed by atoms with Gasteiger partial charge in [0, 0.05) is 5.33 Å². The number of rotatable bonds is 1. The van der Waals surface area contributed by atoms with Gasteiger partial charge in [0.1, 0.15) is 0 Å². The minimum absolute atomic E-state index is 0.0260. The highest BCUT2D eigenvalue weighted by molar-refractivity contribution is 9.08. The van der Waals surface area contributed by atoms with Gasteiger partial charge in [-0.25, -0.2) is 4.39 Å². The average Bonchev–Trinajstić information content (AvgIpc) is 2.01. The van der Waals surface area contributed by atoms with Gasteiger partial charge in [-0.1, -0.05) is 33.6 Å². The number of hydrogen-bond acceptors (Lipinski definition) is 1. The molecular formula is C7H5BrClFO. The summed E-state index contributed by atoms with van der Waals surface area (Å²) < 4.78 is 12.8. The molecule has 0 unspecified atom stereocenters. The van der Waals surface area contributed by atoms with Crippen molar-refractivity contribution in [3.05, 3.63) is 28.5 Å². The van der Waals surface area contributed by atoms with Crippen LogP contribution in [0.5, 0.6) is 5.75 Å². The lowest BCUT2D eigenvalue weighted by molar-refractivity contribution is 0.432. The molecule has 1 aromatic rings. The van der Waals surface area contributed by atoms with Crippen molar-refractivity contribution in [1.82, 2.24) is 0 Å². The lowest BCUT2D eigenvalue weighted by atomic mass is 10.2. The van der Waals surface area contributed by atoms with Gasteiger partial charge in [0.05, 0.1) is 5.02 Å². The van der Waals surface area contributed by atoms with Gasteiger partial charge in [-0.15, -0.1) is 0 Å². The summed E-state index contributed by atoms with van der Waals surface area (Å²) in [5, 5.41) is 9.29. The van der Waals surface area contributed by atoms with E-state index in [-0.39, 0.29) is 5.02 Å². The smallest absolute Gasteiger partial charge is 0.183 e. The summed E-state index contributed by atoms with van der Waals surface area (Å²) in [6.45, 7) is 0. The van der Waals surface area contributed by atoms with Gasteiger partial charge in [-0.3, -0.25) is 0 Å². The van der Waals surface area contributed by atoms with Crippen molar-refractivity contribution in [2.24, 2.45) is 0 Å². The second-order valence-corrected chi connectivity index (χ2v) is 2.94. The van der Waals surface area contributed by atoms with E-state index in [9.17, 15) is 4.39 Å². The van der Waals surface area contributed by atoms with Crippen LogP contribution in [0, 0.1) is 5.82 Å². The minimum Gasteiger partial charge on any atom is -0.505 e. The molecule has 1 N–H and O–H groups in total. The third-order valence-electron chi connectivity index (χ3n) is 1.29. The van der Waals surface area contributed by atoms with Crippen LogP contribution < -0.4 is 0 Å². The van der Waals surface area contributed by atoms with E-state index >= 15 is 0 Å². The Morgan fingerprint density at radius 3 is 2.73 bits per heavy atom. The van der Waals surface area contributed by atoms with Gasteiger partial charge >= 0.3 is 0 Å². The number of phenols is 1. The molecular weight excluding hydrogens is 234 g/mol. The number of alkyl halides is 1. The lowest BCUT2D eigenvalue weighted by Gasteiger charge is -2.01. The first-order chi connectivity index (χ1) is 5.16. The zero-order chi connectivity index (χ0) is 8.43. The summed E-state index contributed by atoms with van der Waals surface area (Å²) in [7, 11) is 0. The monoisotopic (exact) mass is 238 g/mol. The Morgan fingerprint density at radius 1 is 1.55 bits per heavy atom. The minimum atomic E-state index is -0.761. The topological polar surface area (TPSA) is 20.2 Å². The maximum atomic E-state index is 12.8. The second-order valence-electron chi connectivity index (χ2n) is 2.01. The highest BCUT2D eigenvalue weighted by Gasteiger charge is 2.08. The first-order valence-corrected chi connectivity index (χ1v) is 4.38. The average molecular weight is 239 g/mol. The van der Waals surface area contributed by atoms with Gasteiger partial charge < -0.3 is 5.11 Å². The number of hydrogen-bond donors (Lipinski definition) is 1. The lowest BCUT2D eigenvalue weighted by Crippen LogP contribution is -1.84. The van der Waals surface area contributed by atoms with Crippen LogP contribution in [-0.4, -0.2) is 5.11 Å². The van der Waals surface area contributed by atoms with Crippen molar-refractivity contribution >= 4 is 27.5 Å². The summed E-state index contributed by atoms with van der Waals surface area (Å²) in [5.74, 6) is -1.18. The van der Waals surface area contributed by atoms with Crippen LogP contribution in [0.25, 0.3) is 0 Å². The molecule has 0 radical (unpaired) electrons. The fourth-order valence-corrected chi connectivity index (χ4v) is 1.54. The zero-order valence-corrected chi connectivity index (χ0v) is 7.78. The number of aromatic hydroxyl groups is 1. The molecule has 0 fully saturated rings. The Kier molecular flexibility index (Phi) is 2.73. The summed E-state index contributed by atoms with van der Waals surface area (Å²) in [4.78, 5) is 0. The summed E-state index contributed by atoms with van der Waals surface area (Å²) in [6, 6.07) is 2.84. The SMILES string of the molecule is Oc1ccc(CBr)c(Cl)c1F. The maximum absolute atomic E-state index is 12.8. The van der Waals surface area contributed by atoms with Crippen LogP contribution >= 0.6 is 27.5 Å². The quantitative estimate of drug-likeness (QED) is 0.747. The van der Waals surface area contributed by atoms with Crippen LogP contribution in [0.3, 0.4) is 0 Å². The molecule has 0 heterocycles. The highest BCUT2D eigenvalue weighted by Crippen LogP contribution is 2.28. The molecule has 0 aromatic heterocycles. The van der Waals surface area contributed by atoms with Crippen LogP contribution in [-0.2, 0) is 5.33 Å². The van der Waals surface area contributed by atoms with Crippen molar-refractivity contribution in [3.8, 4) is 5.75 Å². The van der Waals surface area contributed by atoms with Crippen molar-refractivity contribution in [3.63, 3.8) is 0 Å². The van der Waals surface area contributed by atoms with Crippen molar-refractivity contribution < 1.29 is 9.50 Å². The van der Waals surface area contributed by atoms with E-state index in [4.69, 9.17) is 16.7 Å². The van der Waals surface area contributed by atoms with E-state index in [1.165, 1.54) is 6.07 Å². The standard InChI is InChI=1S/C7H5BrClFO/c8-3-4-1-2-5(11)7(10)6(4)9/h1-2,11H,3H2. The molecule has 0 saturated carbocycles. The molecule has 0 bridgehead atoms. The predicted octanol–water partition coefficient (Wildman–Crippen LogP) is 3.08. The van der Waals surface area contributed by atoms with Gasteiger partial charge in [0.2, 0.25) is 0 Å². The van der Waals surface area contributed by atoms with Gasteiger partial charge in [-0.2, -0.15) is 0 Å². The maximum Gasteiger partial charge on any atom is 0.183 e. The molecule has 0 aliphatic rings.